The Bertz CT molecular complexity index is 597. The molecule has 0 aliphatic heterocycles. The van der Waals surface area contributed by atoms with E-state index in [1.54, 1.807) is 25.2 Å². The number of aromatic hydroxyl groups is 1. The van der Waals surface area contributed by atoms with Gasteiger partial charge in [-0.1, -0.05) is 6.07 Å². The molecular formula is C17H24N2O5. The van der Waals surface area contributed by atoms with Crippen molar-refractivity contribution in [2.75, 3.05) is 14.2 Å². The molecule has 1 aromatic rings. The summed E-state index contributed by atoms with van der Waals surface area (Å²) in [6, 6.07) is 4.83. The van der Waals surface area contributed by atoms with E-state index < -0.39 is 5.97 Å². The third-order valence-electron chi connectivity index (χ3n) is 4.41. The zero-order valence-electron chi connectivity index (χ0n) is 14.0. The Morgan fingerprint density at radius 1 is 1.29 bits per heavy atom. The molecule has 2 rings (SSSR count). The molecule has 7 heteroatoms. The summed E-state index contributed by atoms with van der Waals surface area (Å²) in [7, 11) is 3.16. The van der Waals surface area contributed by atoms with Crippen LogP contribution in [0.3, 0.4) is 0 Å². The number of benzene rings is 1. The molecule has 1 aliphatic rings. The first-order valence-corrected chi connectivity index (χ1v) is 8.01. The van der Waals surface area contributed by atoms with Crippen molar-refractivity contribution >= 4 is 12.0 Å². The van der Waals surface area contributed by atoms with E-state index in [1.165, 1.54) is 12.0 Å². The maximum Gasteiger partial charge on any atom is 0.317 e. The highest BCUT2D eigenvalue weighted by molar-refractivity contribution is 5.74. The number of carbonyl (C=O) groups is 2. The van der Waals surface area contributed by atoms with Crippen LogP contribution >= 0.6 is 0 Å². The zero-order valence-corrected chi connectivity index (χ0v) is 14.0. The molecule has 1 aliphatic carbocycles. The van der Waals surface area contributed by atoms with Crippen LogP contribution in [0.25, 0.3) is 0 Å². The molecule has 24 heavy (non-hydrogen) atoms. The van der Waals surface area contributed by atoms with Crippen LogP contribution in [0.1, 0.15) is 31.2 Å². The molecule has 1 saturated carbocycles. The van der Waals surface area contributed by atoms with Crippen molar-refractivity contribution in [1.29, 1.82) is 0 Å². The van der Waals surface area contributed by atoms with Gasteiger partial charge in [-0.3, -0.25) is 4.79 Å². The number of urea groups is 1. The average molecular weight is 336 g/mol. The SMILES string of the molecule is COc1ccc(CN(C)C(=O)NC2CCC(C(=O)O)CC2)cc1O. The maximum atomic E-state index is 12.3. The minimum absolute atomic E-state index is 0.0137. The van der Waals surface area contributed by atoms with Crippen molar-refractivity contribution in [3.05, 3.63) is 23.8 Å². The number of hydrogen-bond donors (Lipinski definition) is 3. The highest BCUT2D eigenvalue weighted by Gasteiger charge is 2.27. The van der Waals surface area contributed by atoms with Crippen LogP contribution in [0.4, 0.5) is 4.79 Å². The number of methoxy groups -OCH3 is 1. The largest absolute Gasteiger partial charge is 0.504 e. The molecule has 0 heterocycles. The van der Waals surface area contributed by atoms with E-state index in [-0.39, 0.29) is 23.7 Å². The first-order valence-electron chi connectivity index (χ1n) is 8.01. The van der Waals surface area contributed by atoms with Crippen molar-refractivity contribution in [2.45, 2.75) is 38.3 Å². The maximum absolute atomic E-state index is 12.3. The van der Waals surface area contributed by atoms with E-state index in [1.807, 2.05) is 0 Å². The first-order chi connectivity index (χ1) is 11.4. The number of rotatable bonds is 5. The number of nitrogens with zero attached hydrogens (tertiary/aromatic N) is 1. The number of carboxylic acid groups (broad SMARTS) is 1. The smallest absolute Gasteiger partial charge is 0.317 e. The van der Waals surface area contributed by atoms with Gasteiger partial charge in [-0.15, -0.1) is 0 Å². The fourth-order valence-corrected chi connectivity index (χ4v) is 2.95. The molecule has 1 aromatic carbocycles. The molecule has 2 amide bonds. The molecule has 0 atom stereocenters. The van der Waals surface area contributed by atoms with Crippen molar-refractivity contribution < 1.29 is 24.5 Å². The minimum atomic E-state index is -0.754. The molecule has 3 N–H and O–H groups in total. The summed E-state index contributed by atoms with van der Waals surface area (Å²) in [6.45, 7) is 0.355. The molecule has 132 valence electrons. The number of ether oxygens (including phenoxy) is 1. The van der Waals surface area contributed by atoms with Crippen LogP contribution in [0.2, 0.25) is 0 Å². The third-order valence-corrected chi connectivity index (χ3v) is 4.41. The highest BCUT2D eigenvalue weighted by Crippen LogP contribution is 2.27. The molecular weight excluding hydrogens is 312 g/mol. The summed E-state index contributed by atoms with van der Waals surface area (Å²) in [5, 5.41) is 21.7. The topological polar surface area (TPSA) is 99.1 Å². The molecule has 0 saturated heterocycles. The fraction of sp³-hybridized carbons (Fsp3) is 0.529. The van der Waals surface area contributed by atoms with Crippen LogP contribution in [-0.2, 0) is 11.3 Å². The number of aliphatic carboxylic acids is 1. The number of carbonyl (C=O) groups excluding carboxylic acids is 1. The Morgan fingerprint density at radius 2 is 1.96 bits per heavy atom. The van der Waals surface area contributed by atoms with Gasteiger partial charge in [0.25, 0.3) is 0 Å². The number of phenols is 1. The Hall–Kier alpha value is -2.44. The van der Waals surface area contributed by atoms with Gasteiger partial charge < -0.3 is 25.2 Å². The summed E-state index contributed by atoms with van der Waals surface area (Å²) in [5.74, 6) is -0.619. The van der Waals surface area contributed by atoms with Crippen LogP contribution in [0, 0.1) is 5.92 Å². The minimum Gasteiger partial charge on any atom is -0.504 e. The van der Waals surface area contributed by atoms with Crippen LogP contribution < -0.4 is 10.1 Å². The van der Waals surface area contributed by atoms with Crippen LogP contribution in [0.5, 0.6) is 11.5 Å². The summed E-state index contributed by atoms with van der Waals surface area (Å²) >= 11 is 0. The number of phenolic OH excluding ortho intramolecular Hbond substituents is 1. The van der Waals surface area contributed by atoms with Gasteiger partial charge >= 0.3 is 12.0 Å². The van der Waals surface area contributed by atoms with Gasteiger partial charge in [0, 0.05) is 19.6 Å². The quantitative estimate of drug-likeness (QED) is 0.765. The summed E-state index contributed by atoms with van der Waals surface area (Å²) < 4.78 is 4.99. The molecule has 0 unspecified atom stereocenters. The number of carboxylic acids is 1. The number of nitrogens with one attached hydrogen (secondary N) is 1. The van der Waals surface area contributed by atoms with E-state index in [2.05, 4.69) is 5.32 Å². The Kier molecular flexibility index (Phi) is 5.89. The predicted octanol–water partition coefficient (Wildman–Crippen LogP) is 2.19. The fourth-order valence-electron chi connectivity index (χ4n) is 2.95. The predicted molar refractivity (Wildman–Crippen MR) is 88.0 cm³/mol. The monoisotopic (exact) mass is 336 g/mol. The second-order valence-corrected chi connectivity index (χ2v) is 6.20. The summed E-state index contributed by atoms with van der Waals surface area (Å²) in [6.07, 6.45) is 2.55. The Balaban J connectivity index is 1.84. The Morgan fingerprint density at radius 3 is 2.50 bits per heavy atom. The van der Waals surface area contributed by atoms with Crippen molar-refractivity contribution in [3.63, 3.8) is 0 Å². The van der Waals surface area contributed by atoms with Gasteiger partial charge in [0.05, 0.1) is 13.0 Å². The standard InChI is InChI=1S/C17H24N2O5/c1-19(10-11-3-8-15(24-2)14(20)9-11)17(23)18-13-6-4-12(5-7-13)16(21)22/h3,8-9,12-13,20H,4-7,10H2,1-2H3,(H,18,23)(H,21,22). The first kappa shape index (κ1) is 17.9. The Labute approximate surface area is 141 Å². The molecule has 0 radical (unpaired) electrons. The molecule has 0 bridgehead atoms. The van der Waals surface area contributed by atoms with Crippen LogP contribution in [0.15, 0.2) is 18.2 Å². The van der Waals surface area contributed by atoms with Gasteiger partial charge in [0.1, 0.15) is 0 Å². The molecule has 1 fully saturated rings. The van der Waals surface area contributed by atoms with Gasteiger partial charge in [-0.2, -0.15) is 0 Å². The lowest BCUT2D eigenvalue weighted by atomic mass is 9.86. The highest BCUT2D eigenvalue weighted by atomic mass is 16.5. The molecule has 0 aromatic heterocycles. The van der Waals surface area contributed by atoms with Gasteiger partial charge in [0.2, 0.25) is 0 Å². The van der Waals surface area contributed by atoms with Crippen molar-refractivity contribution in [3.8, 4) is 11.5 Å². The average Bonchev–Trinajstić information content (AvgIpc) is 2.55. The van der Waals surface area contributed by atoms with E-state index in [0.29, 0.717) is 38.0 Å². The molecule has 0 spiro atoms. The van der Waals surface area contributed by atoms with Crippen molar-refractivity contribution in [1.82, 2.24) is 10.2 Å². The van der Waals surface area contributed by atoms with E-state index in [0.717, 1.165) is 5.56 Å². The third kappa shape index (κ3) is 4.53. The lowest BCUT2D eigenvalue weighted by Crippen LogP contribution is -2.44. The number of hydrogen-bond acceptors (Lipinski definition) is 4. The summed E-state index contributed by atoms with van der Waals surface area (Å²) in [4.78, 5) is 24.7. The van der Waals surface area contributed by atoms with E-state index >= 15 is 0 Å². The van der Waals surface area contributed by atoms with Gasteiger partial charge in [-0.05, 0) is 43.4 Å². The van der Waals surface area contributed by atoms with E-state index in [4.69, 9.17) is 9.84 Å². The zero-order chi connectivity index (χ0) is 17.7. The number of amides is 2. The summed E-state index contributed by atoms with van der Waals surface area (Å²) in [5.41, 5.74) is 0.792. The van der Waals surface area contributed by atoms with E-state index in [9.17, 15) is 14.7 Å². The lowest BCUT2D eigenvalue weighted by molar-refractivity contribution is -0.142. The van der Waals surface area contributed by atoms with Crippen LogP contribution in [-0.4, -0.2) is 47.3 Å². The molecule has 7 nitrogen and oxygen atoms in total. The normalized spacial score (nSPS) is 20.2. The second-order valence-electron chi connectivity index (χ2n) is 6.20. The second kappa shape index (κ2) is 7.90. The lowest BCUT2D eigenvalue weighted by Gasteiger charge is -2.29. The van der Waals surface area contributed by atoms with Crippen molar-refractivity contribution in [2.24, 2.45) is 5.92 Å². The van der Waals surface area contributed by atoms with Gasteiger partial charge in [-0.25, -0.2) is 4.79 Å². The van der Waals surface area contributed by atoms with Gasteiger partial charge in [0.15, 0.2) is 11.5 Å².